The molecule has 0 unspecified atom stereocenters. The van der Waals surface area contributed by atoms with Gasteiger partial charge in [-0.15, -0.1) is 0 Å². The number of carbonyl (C=O) groups excluding carboxylic acids is 2. The molecule has 26 heavy (non-hydrogen) atoms. The first-order valence-corrected chi connectivity index (χ1v) is 9.01. The second-order valence-electron chi connectivity index (χ2n) is 6.39. The minimum atomic E-state index is -0.461. The molecule has 0 spiro atoms. The molecule has 0 saturated heterocycles. The standard InChI is InChI=1S/C20H21Cl2NO3/c1-12(2)19(14-4-6-15(21)7-5-14)20(25)26-11-18(24)23-17-9-8-16(22)10-13(17)3/h4-10,12,19H,11H2,1-3H3,(H,23,24)/t19-/m1/s1. The molecule has 0 heterocycles. The van der Waals surface area contributed by atoms with E-state index in [1.807, 2.05) is 20.8 Å². The van der Waals surface area contributed by atoms with Crippen LogP contribution in [0, 0.1) is 12.8 Å². The maximum atomic E-state index is 12.5. The van der Waals surface area contributed by atoms with Crippen LogP contribution in [0.15, 0.2) is 42.5 Å². The molecule has 0 fully saturated rings. The molecule has 1 atom stereocenters. The van der Waals surface area contributed by atoms with Gasteiger partial charge in [-0.25, -0.2) is 0 Å². The topological polar surface area (TPSA) is 55.4 Å². The zero-order valence-electron chi connectivity index (χ0n) is 14.9. The van der Waals surface area contributed by atoms with Crippen LogP contribution in [0.4, 0.5) is 5.69 Å². The lowest BCUT2D eigenvalue weighted by Crippen LogP contribution is -2.26. The zero-order chi connectivity index (χ0) is 19.3. The Balaban J connectivity index is 1.98. The lowest BCUT2D eigenvalue weighted by Gasteiger charge is -2.20. The summed E-state index contributed by atoms with van der Waals surface area (Å²) in [6, 6.07) is 12.2. The third kappa shape index (κ3) is 5.48. The molecule has 2 aromatic carbocycles. The van der Waals surface area contributed by atoms with Crippen LogP contribution in [-0.4, -0.2) is 18.5 Å². The predicted octanol–water partition coefficient (Wildman–Crippen LogP) is 5.22. The third-order valence-corrected chi connectivity index (χ3v) is 4.44. The first-order valence-electron chi connectivity index (χ1n) is 8.26. The van der Waals surface area contributed by atoms with Crippen molar-refractivity contribution in [3.63, 3.8) is 0 Å². The predicted molar refractivity (Wildman–Crippen MR) is 105 cm³/mol. The summed E-state index contributed by atoms with van der Waals surface area (Å²) < 4.78 is 5.24. The van der Waals surface area contributed by atoms with Crippen molar-refractivity contribution in [2.75, 3.05) is 11.9 Å². The lowest BCUT2D eigenvalue weighted by molar-refractivity contribution is -0.149. The van der Waals surface area contributed by atoms with E-state index in [0.717, 1.165) is 11.1 Å². The van der Waals surface area contributed by atoms with Gasteiger partial charge in [-0.2, -0.15) is 0 Å². The van der Waals surface area contributed by atoms with Crippen molar-refractivity contribution in [3.05, 3.63) is 63.6 Å². The number of hydrogen-bond acceptors (Lipinski definition) is 3. The highest BCUT2D eigenvalue weighted by molar-refractivity contribution is 6.31. The van der Waals surface area contributed by atoms with Gasteiger partial charge in [-0.1, -0.05) is 49.2 Å². The molecule has 0 aliphatic heterocycles. The molecule has 138 valence electrons. The van der Waals surface area contributed by atoms with Crippen LogP contribution in [-0.2, 0) is 14.3 Å². The Morgan fingerprint density at radius 1 is 1.04 bits per heavy atom. The molecule has 2 aromatic rings. The summed E-state index contributed by atoms with van der Waals surface area (Å²) in [4.78, 5) is 24.6. The second-order valence-corrected chi connectivity index (χ2v) is 7.26. The van der Waals surface area contributed by atoms with Crippen LogP contribution >= 0.6 is 23.2 Å². The number of carbonyl (C=O) groups is 2. The van der Waals surface area contributed by atoms with E-state index in [2.05, 4.69) is 5.32 Å². The molecule has 0 aliphatic carbocycles. The Labute approximate surface area is 163 Å². The van der Waals surface area contributed by atoms with Crippen LogP contribution in [0.1, 0.15) is 30.9 Å². The minimum Gasteiger partial charge on any atom is -0.455 e. The molecule has 1 amide bonds. The van der Waals surface area contributed by atoms with Crippen molar-refractivity contribution < 1.29 is 14.3 Å². The zero-order valence-corrected chi connectivity index (χ0v) is 16.4. The molecule has 0 saturated carbocycles. The van der Waals surface area contributed by atoms with E-state index in [4.69, 9.17) is 27.9 Å². The van der Waals surface area contributed by atoms with Crippen molar-refractivity contribution in [3.8, 4) is 0 Å². The Bertz CT molecular complexity index is 788. The van der Waals surface area contributed by atoms with E-state index in [1.54, 1.807) is 42.5 Å². The van der Waals surface area contributed by atoms with Gasteiger partial charge in [0.05, 0.1) is 5.92 Å². The van der Waals surface area contributed by atoms with E-state index in [1.165, 1.54) is 0 Å². The number of amides is 1. The van der Waals surface area contributed by atoms with Gasteiger partial charge in [0.15, 0.2) is 6.61 Å². The summed E-state index contributed by atoms with van der Waals surface area (Å²) in [7, 11) is 0. The van der Waals surface area contributed by atoms with Gasteiger partial charge >= 0.3 is 5.97 Å². The van der Waals surface area contributed by atoms with E-state index in [0.29, 0.717) is 15.7 Å². The largest absolute Gasteiger partial charge is 0.455 e. The lowest BCUT2D eigenvalue weighted by atomic mass is 9.88. The van der Waals surface area contributed by atoms with Crippen molar-refractivity contribution in [1.82, 2.24) is 0 Å². The average Bonchev–Trinajstić information content (AvgIpc) is 2.57. The summed E-state index contributed by atoms with van der Waals surface area (Å²) in [6.45, 7) is 5.34. The monoisotopic (exact) mass is 393 g/mol. The quantitative estimate of drug-likeness (QED) is 0.684. The maximum Gasteiger partial charge on any atom is 0.314 e. The summed E-state index contributed by atoms with van der Waals surface area (Å²) >= 11 is 11.8. The molecular weight excluding hydrogens is 373 g/mol. The SMILES string of the molecule is Cc1cc(Cl)ccc1NC(=O)COC(=O)[C@@H](c1ccc(Cl)cc1)C(C)C. The Morgan fingerprint density at radius 3 is 2.23 bits per heavy atom. The second kappa shape index (κ2) is 9.06. The summed E-state index contributed by atoms with van der Waals surface area (Å²) in [5.41, 5.74) is 2.27. The molecule has 6 heteroatoms. The van der Waals surface area contributed by atoms with Gasteiger partial charge in [0.1, 0.15) is 0 Å². The Hall–Kier alpha value is -2.04. The van der Waals surface area contributed by atoms with Crippen LogP contribution < -0.4 is 5.32 Å². The van der Waals surface area contributed by atoms with E-state index >= 15 is 0 Å². The highest BCUT2D eigenvalue weighted by Gasteiger charge is 2.26. The van der Waals surface area contributed by atoms with Gasteiger partial charge in [-0.05, 0) is 54.3 Å². The van der Waals surface area contributed by atoms with Gasteiger partial charge in [-0.3, -0.25) is 9.59 Å². The molecule has 1 N–H and O–H groups in total. The number of anilines is 1. The van der Waals surface area contributed by atoms with Gasteiger partial charge in [0.25, 0.3) is 5.91 Å². The van der Waals surface area contributed by atoms with Gasteiger partial charge in [0, 0.05) is 15.7 Å². The third-order valence-electron chi connectivity index (χ3n) is 3.96. The summed E-state index contributed by atoms with van der Waals surface area (Å²) in [5.74, 6) is -1.28. The van der Waals surface area contributed by atoms with Crippen LogP contribution in [0.25, 0.3) is 0 Å². The summed E-state index contributed by atoms with van der Waals surface area (Å²) in [5, 5.41) is 3.91. The molecule has 4 nitrogen and oxygen atoms in total. The van der Waals surface area contributed by atoms with E-state index in [9.17, 15) is 9.59 Å². The normalized spacial score (nSPS) is 11.9. The fraction of sp³-hybridized carbons (Fsp3) is 0.300. The Morgan fingerprint density at radius 2 is 1.65 bits per heavy atom. The minimum absolute atomic E-state index is 0.0187. The average molecular weight is 394 g/mol. The van der Waals surface area contributed by atoms with Crippen molar-refractivity contribution in [2.24, 2.45) is 5.92 Å². The first kappa shape index (κ1) is 20.3. The highest BCUT2D eigenvalue weighted by Crippen LogP contribution is 2.27. The molecular formula is C20H21Cl2NO3. The Kier molecular flexibility index (Phi) is 7.06. The number of aryl methyl sites for hydroxylation is 1. The number of ether oxygens (including phenoxy) is 1. The molecule has 2 rings (SSSR count). The number of hydrogen-bond donors (Lipinski definition) is 1. The number of halogens is 2. The summed E-state index contributed by atoms with van der Waals surface area (Å²) in [6.07, 6.45) is 0. The van der Waals surface area contributed by atoms with Crippen LogP contribution in [0.2, 0.25) is 10.0 Å². The van der Waals surface area contributed by atoms with E-state index in [-0.39, 0.29) is 12.5 Å². The maximum absolute atomic E-state index is 12.5. The fourth-order valence-electron chi connectivity index (χ4n) is 2.64. The van der Waals surface area contributed by atoms with Crippen molar-refractivity contribution >= 4 is 40.8 Å². The number of nitrogens with one attached hydrogen (secondary N) is 1. The van der Waals surface area contributed by atoms with Gasteiger partial charge in [0.2, 0.25) is 0 Å². The number of rotatable bonds is 6. The number of esters is 1. The molecule has 0 radical (unpaired) electrons. The molecule has 0 bridgehead atoms. The first-order chi connectivity index (χ1) is 12.3. The van der Waals surface area contributed by atoms with Crippen molar-refractivity contribution in [2.45, 2.75) is 26.7 Å². The molecule has 0 aromatic heterocycles. The van der Waals surface area contributed by atoms with Crippen LogP contribution in [0.5, 0.6) is 0 Å². The smallest absolute Gasteiger partial charge is 0.314 e. The number of benzene rings is 2. The highest BCUT2D eigenvalue weighted by atomic mass is 35.5. The molecule has 0 aliphatic rings. The fourth-order valence-corrected chi connectivity index (χ4v) is 3.00. The van der Waals surface area contributed by atoms with Gasteiger partial charge < -0.3 is 10.1 Å². The van der Waals surface area contributed by atoms with Crippen molar-refractivity contribution in [1.29, 1.82) is 0 Å². The van der Waals surface area contributed by atoms with Crippen LogP contribution in [0.3, 0.4) is 0 Å². The van der Waals surface area contributed by atoms with E-state index < -0.39 is 17.8 Å².